The first-order valence-electron chi connectivity index (χ1n) is 11.3. The van der Waals surface area contributed by atoms with Crippen molar-refractivity contribution in [2.45, 2.75) is 56.5 Å². The lowest BCUT2D eigenvalue weighted by Crippen LogP contribution is -2.53. The third kappa shape index (κ3) is 4.53. The van der Waals surface area contributed by atoms with Gasteiger partial charge in [-0.2, -0.15) is 26.3 Å². The SMILES string of the molecule is CCCCn1c(=O)c2cc(F)c(O[C@@H]3COC[C@@H]3O)cc2c2cc(C(O)(C(F)(F)F)C(F)(F)F)ccc21. The molecule has 0 amide bonds. The van der Waals surface area contributed by atoms with Gasteiger partial charge in [0.05, 0.1) is 24.1 Å². The van der Waals surface area contributed by atoms with Gasteiger partial charge in [0, 0.05) is 22.9 Å². The summed E-state index contributed by atoms with van der Waals surface area (Å²) < 4.78 is 108. The molecule has 0 radical (unpaired) electrons. The minimum atomic E-state index is -6.12. The summed E-state index contributed by atoms with van der Waals surface area (Å²) in [6, 6.07) is 3.61. The second kappa shape index (κ2) is 9.44. The largest absolute Gasteiger partial charge is 0.482 e. The van der Waals surface area contributed by atoms with Crippen LogP contribution in [0.5, 0.6) is 5.75 Å². The molecule has 1 aliphatic heterocycles. The summed E-state index contributed by atoms with van der Waals surface area (Å²) in [7, 11) is 0. The number of ether oxygens (including phenoxy) is 2. The van der Waals surface area contributed by atoms with Crippen LogP contribution in [-0.2, 0) is 16.9 Å². The number of nitrogens with zero attached hydrogens (tertiary/aromatic N) is 1. The van der Waals surface area contributed by atoms with Gasteiger partial charge in [0.1, 0.15) is 6.10 Å². The predicted octanol–water partition coefficient (Wildman–Crippen LogP) is 4.54. The predicted molar refractivity (Wildman–Crippen MR) is 118 cm³/mol. The second-order valence-electron chi connectivity index (χ2n) is 8.84. The van der Waals surface area contributed by atoms with Gasteiger partial charge in [-0.15, -0.1) is 0 Å². The summed E-state index contributed by atoms with van der Waals surface area (Å²) in [5, 5.41) is 19.1. The molecule has 0 unspecified atom stereocenters. The lowest BCUT2D eigenvalue weighted by atomic mass is 9.90. The first-order valence-corrected chi connectivity index (χ1v) is 11.3. The molecule has 2 atom stereocenters. The number of aliphatic hydroxyl groups is 2. The molecule has 4 rings (SSSR count). The molecule has 1 fully saturated rings. The van der Waals surface area contributed by atoms with E-state index in [1.54, 1.807) is 0 Å². The molecule has 0 bridgehead atoms. The average Bonchev–Trinajstić information content (AvgIpc) is 3.22. The topological polar surface area (TPSA) is 80.9 Å². The Morgan fingerprint density at radius 1 is 1.03 bits per heavy atom. The number of benzene rings is 2. The van der Waals surface area contributed by atoms with Gasteiger partial charge in [-0.3, -0.25) is 4.79 Å². The number of unbranched alkanes of at least 4 members (excludes halogenated alkanes) is 1. The van der Waals surface area contributed by atoms with Crippen molar-refractivity contribution in [1.29, 1.82) is 0 Å². The van der Waals surface area contributed by atoms with Crippen molar-refractivity contribution in [3.05, 3.63) is 52.1 Å². The minimum Gasteiger partial charge on any atom is -0.482 e. The van der Waals surface area contributed by atoms with Crippen LogP contribution in [0.15, 0.2) is 35.1 Å². The maximum Gasteiger partial charge on any atom is 0.430 e. The van der Waals surface area contributed by atoms with Gasteiger partial charge in [-0.1, -0.05) is 19.4 Å². The van der Waals surface area contributed by atoms with Crippen molar-refractivity contribution >= 4 is 21.7 Å². The molecular formula is C24H22F7NO5. The highest BCUT2D eigenvalue weighted by atomic mass is 19.4. The summed E-state index contributed by atoms with van der Waals surface area (Å²) >= 11 is 0. The van der Waals surface area contributed by atoms with Crippen LogP contribution in [0, 0.1) is 5.82 Å². The minimum absolute atomic E-state index is 0.0109. The van der Waals surface area contributed by atoms with E-state index in [0.717, 1.165) is 22.8 Å². The second-order valence-corrected chi connectivity index (χ2v) is 8.84. The van der Waals surface area contributed by atoms with Crippen molar-refractivity contribution in [2.24, 2.45) is 0 Å². The number of halogens is 7. The number of aryl methyl sites for hydroxylation is 1. The van der Waals surface area contributed by atoms with Crippen molar-refractivity contribution in [3.8, 4) is 5.75 Å². The number of hydrogen-bond donors (Lipinski definition) is 2. The summed E-state index contributed by atoms with van der Waals surface area (Å²) in [4.78, 5) is 13.2. The molecule has 0 aliphatic carbocycles. The number of alkyl halides is 6. The van der Waals surface area contributed by atoms with Gasteiger partial charge in [0.15, 0.2) is 17.7 Å². The molecule has 2 heterocycles. The Morgan fingerprint density at radius 3 is 2.27 bits per heavy atom. The van der Waals surface area contributed by atoms with Crippen LogP contribution in [0.2, 0.25) is 0 Å². The van der Waals surface area contributed by atoms with Gasteiger partial charge in [0.2, 0.25) is 0 Å². The Morgan fingerprint density at radius 2 is 1.70 bits per heavy atom. The Balaban J connectivity index is 2.04. The highest BCUT2D eigenvalue weighted by Crippen LogP contribution is 2.50. The van der Waals surface area contributed by atoms with E-state index >= 15 is 0 Å². The van der Waals surface area contributed by atoms with E-state index in [-0.39, 0.29) is 41.4 Å². The fraction of sp³-hybridized carbons (Fsp3) is 0.458. The van der Waals surface area contributed by atoms with Gasteiger partial charge >= 0.3 is 12.4 Å². The molecule has 1 aromatic heterocycles. The Bertz CT molecular complexity index is 1370. The fourth-order valence-electron chi connectivity index (χ4n) is 4.34. The zero-order valence-corrected chi connectivity index (χ0v) is 19.3. The van der Waals surface area contributed by atoms with Crippen molar-refractivity contribution in [1.82, 2.24) is 4.57 Å². The van der Waals surface area contributed by atoms with Crippen LogP contribution in [0.25, 0.3) is 21.7 Å². The van der Waals surface area contributed by atoms with E-state index in [4.69, 9.17) is 9.47 Å². The molecule has 1 saturated heterocycles. The highest BCUT2D eigenvalue weighted by molar-refractivity contribution is 6.06. The van der Waals surface area contributed by atoms with Crippen molar-refractivity contribution in [2.75, 3.05) is 13.2 Å². The summed E-state index contributed by atoms with van der Waals surface area (Å²) in [6.45, 7) is 1.70. The average molecular weight is 537 g/mol. The third-order valence-corrected chi connectivity index (χ3v) is 6.38. The first kappa shape index (κ1) is 27.1. The molecule has 37 heavy (non-hydrogen) atoms. The van der Waals surface area contributed by atoms with Crippen molar-refractivity contribution < 1.29 is 50.4 Å². The van der Waals surface area contributed by atoms with Gasteiger partial charge in [0.25, 0.3) is 11.2 Å². The normalized spacial score (nSPS) is 19.2. The van der Waals surface area contributed by atoms with Gasteiger partial charge in [-0.25, -0.2) is 4.39 Å². The molecular weight excluding hydrogens is 515 g/mol. The number of fused-ring (bicyclic) bond motifs is 3. The Kier molecular flexibility index (Phi) is 6.93. The molecule has 0 saturated carbocycles. The Labute approximate surface area is 204 Å². The number of pyridine rings is 1. The Hall–Kier alpha value is -2.90. The van der Waals surface area contributed by atoms with E-state index < -0.39 is 52.9 Å². The lowest BCUT2D eigenvalue weighted by molar-refractivity contribution is -0.376. The fourth-order valence-corrected chi connectivity index (χ4v) is 4.34. The molecule has 0 spiro atoms. The summed E-state index contributed by atoms with van der Waals surface area (Å²) in [5.74, 6) is -1.51. The van der Waals surface area contributed by atoms with Crippen LogP contribution in [-0.4, -0.2) is 52.6 Å². The molecule has 13 heteroatoms. The zero-order valence-electron chi connectivity index (χ0n) is 19.3. The van der Waals surface area contributed by atoms with E-state index in [9.17, 15) is 45.7 Å². The lowest BCUT2D eigenvalue weighted by Gasteiger charge is -2.33. The maximum atomic E-state index is 14.9. The van der Waals surface area contributed by atoms with Gasteiger partial charge in [-0.05, 0) is 30.7 Å². The molecule has 2 N–H and O–H groups in total. The smallest absolute Gasteiger partial charge is 0.430 e. The van der Waals surface area contributed by atoms with Crippen molar-refractivity contribution in [3.63, 3.8) is 0 Å². The molecule has 202 valence electrons. The quantitative estimate of drug-likeness (QED) is 0.357. The number of rotatable bonds is 6. The number of aliphatic hydroxyl groups excluding tert-OH is 1. The molecule has 2 aromatic carbocycles. The summed E-state index contributed by atoms with van der Waals surface area (Å²) in [6.07, 6.45) is -13.3. The monoisotopic (exact) mass is 537 g/mol. The molecule has 1 aliphatic rings. The van der Waals surface area contributed by atoms with Crippen LogP contribution < -0.4 is 10.3 Å². The highest BCUT2D eigenvalue weighted by Gasteiger charge is 2.71. The maximum absolute atomic E-state index is 14.9. The van der Waals surface area contributed by atoms with Crippen LogP contribution >= 0.6 is 0 Å². The zero-order chi connectivity index (χ0) is 27.3. The first-order chi connectivity index (χ1) is 17.2. The number of aromatic nitrogens is 1. The van der Waals surface area contributed by atoms with Gasteiger partial charge < -0.3 is 24.3 Å². The van der Waals surface area contributed by atoms with Crippen LogP contribution in [0.4, 0.5) is 30.7 Å². The van der Waals surface area contributed by atoms with E-state index in [1.807, 2.05) is 6.92 Å². The van der Waals surface area contributed by atoms with E-state index in [1.165, 1.54) is 0 Å². The van der Waals surface area contributed by atoms with Crippen LogP contribution in [0.3, 0.4) is 0 Å². The van der Waals surface area contributed by atoms with Crippen LogP contribution in [0.1, 0.15) is 25.3 Å². The van der Waals surface area contributed by atoms with E-state index in [0.29, 0.717) is 25.0 Å². The molecule has 6 nitrogen and oxygen atoms in total. The number of hydrogen-bond acceptors (Lipinski definition) is 5. The third-order valence-electron chi connectivity index (χ3n) is 6.38. The van der Waals surface area contributed by atoms with E-state index in [2.05, 4.69) is 0 Å². The summed E-state index contributed by atoms with van der Waals surface area (Å²) in [5.41, 5.74) is -7.44. The standard InChI is InChI=1S/C24H22F7NO5/c1-2-3-6-32-17-5-4-12(22(35,23(26,27)28)24(29,30)31)7-14(17)13-9-19(16(25)8-15(13)21(32)34)37-20-11-36-10-18(20)33/h4-5,7-9,18,20,33,35H,2-3,6,10-11H2,1H3/t18-,20+/m0/s1. The molecule has 3 aromatic rings.